The van der Waals surface area contributed by atoms with Crippen LogP contribution in [0.2, 0.25) is 0 Å². The number of amides is 3. The average molecular weight is 626 g/mol. The van der Waals surface area contributed by atoms with Crippen molar-refractivity contribution in [3.8, 4) is 5.75 Å². The van der Waals surface area contributed by atoms with Gasteiger partial charge >= 0.3 is 5.97 Å². The fraction of sp³-hybridized carbons (Fsp3) is 0.588. The standard InChI is InChI=1S/C34H47N3O8/c1-7-9-10-27(39)35-19-22(5)44-33(42)28-26-15-16-34(45-26)29(28)31(40)37(24(20-38)18-21(3)4)30(34)32(41)36(17-8-2)23-11-13-25(43-6)14-12-23/h7-8,11-14,21-22,24,26,28-30,38H,1-2,9-10,15-20H2,3-6H3,(H,35,39)/t22-,24+,26-,28+,29+,30-,34+/m0/s1. The summed E-state index contributed by atoms with van der Waals surface area (Å²) < 4.78 is 17.6. The highest BCUT2D eigenvalue weighted by Gasteiger charge is 2.75. The summed E-state index contributed by atoms with van der Waals surface area (Å²) >= 11 is 0. The van der Waals surface area contributed by atoms with E-state index in [0.29, 0.717) is 37.1 Å². The third-order valence-corrected chi connectivity index (χ3v) is 9.03. The first-order valence-corrected chi connectivity index (χ1v) is 15.8. The molecule has 0 unspecified atom stereocenters. The highest BCUT2D eigenvalue weighted by molar-refractivity contribution is 6.04. The molecule has 3 amide bonds. The largest absolute Gasteiger partial charge is 0.497 e. The smallest absolute Gasteiger partial charge is 0.312 e. The third-order valence-electron chi connectivity index (χ3n) is 9.03. The van der Waals surface area contributed by atoms with E-state index in [1.807, 2.05) is 13.8 Å². The quantitative estimate of drug-likeness (QED) is 0.212. The summed E-state index contributed by atoms with van der Waals surface area (Å²) in [5.74, 6) is -2.66. The fourth-order valence-electron chi connectivity index (χ4n) is 7.11. The number of aliphatic hydroxyl groups excluding tert-OH is 1. The third kappa shape index (κ3) is 6.79. The predicted molar refractivity (Wildman–Crippen MR) is 168 cm³/mol. The molecule has 3 fully saturated rings. The number of ether oxygens (including phenoxy) is 3. The zero-order chi connectivity index (χ0) is 32.9. The minimum absolute atomic E-state index is 0.120. The Labute approximate surface area is 265 Å². The van der Waals surface area contributed by atoms with Gasteiger partial charge in [-0.2, -0.15) is 0 Å². The zero-order valence-corrected chi connectivity index (χ0v) is 26.8. The van der Waals surface area contributed by atoms with E-state index in [4.69, 9.17) is 14.2 Å². The number of hydrogen-bond acceptors (Lipinski definition) is 8. The van der Waals surface area contributed by atoms with Crippen LogP contribution >= 0.6 is 0 Å². The van der Waals surface area contributed by atoms with Crippen molar-refractivity contribution in [1.82, 2.24) is 10.2 Å². The fourth-order valence-corrected chi connectivity index (χ4v) is 7.11. The van der Waals surface area contributed by atoms with Crippen LogP contribution in [0.4, 0.5) is 5.69 Å². The van der Waals surface area contributed by atoms with E-state index in [0.717, 1.165) is 0 Å². The molecule has 2 N–H and O–H groups in total. The maximum absolute atomic E-state index is 14.7. The SMILES string of the molecule is C=CCCC(=O)NC[C@H](C)OC(=O)[C@@H]1[C@@H]2CC[C@]3(O2)[C@H](C(=O)N(CC=C)c2ccc(OC)cc2)N([C@@H](CO)CC(C)C)C(=O)[C@@H]13. The Hall–Kier alpha value is -3.70. The van der Waals surface area contributed by atoms with Gasteiger partial charge in [0.15, 0.2) is 0 Å². The van der Waals surface area contributed by atoms with Gasteiger partial charge in [-0.15, -0.1) is 13.2 Å². The molecule has 11 nitrogen and oxygen atoms in total. The first-order chi connectivity index (χ1) is 21.5. The molecule has 3 saturated heterocycles. The lowest BCUT2D eigenvalue weighted by atomic mass is 9.70. The summed E-state index contributed by atoms with van der Waals surface area (Å²) in [6.07, 6.45) is 4.20. The lowest BCUT2D eigenvalue weighted by molar-refractivity contribution is -0.159. The van der Waals surface area contributed by atoms with E-state index in [1.54, 1.807) is 55.4 Å². The average Bonchev–Trinajstić information content (AvgIpc) is 3.67. The van der Waals surface area contributed by atoms with Gasteiger partial charge in [0, 0.05) is 18.7 Å². The Balaban J connectivity index is 1.66. The lowest BCUT2D eigenvalue weighted by Gasteiger charge is -2.39. The minimum atomic E-state index is -1.26. The number of nitrogens with zero attached hydrogens (tertiary/aromatic N) is 2. The summed E-state index contributed by atoms with van der Waals surface area (Å²) in [6, 6.07) is 5.30. The number of likely N-dealkylation sites (tertiary alicyclic amines) is 1. The van der Waals surface area contributed by atoms with Crippen molar-refractivity contribution in [1.29, 1.82) is 0 Å². The van der Waals surface area contributed by atoms with E-state index in [1.165, 1.54) is 4.90 Å². The molecule has 7 atom stereocenters. The van der Waals surface area contributed by atoms with Crippen LogP contribution in [0.3, 0.4) is 0 Å². The number of fused-ring (bicyclic) bond motifs is 1. The highest BCUT2D eigenvalue weighted by Crippen LogP contribution is 2.59. The van der Waals surface area contributed by atoms with Gasteiger partial charge in [0.1, 0.15) is 23.5 Å². The number of methoxy groups -OCH3 is 1. The second-order valence-corrected chi connectivity index (χ2v) is 12.6. The molecule has 3 aliphatic rings. The van der Waals surface area contributed by atoms with Crippen LogP contribution in [-0.2, 0) is 28.7 Å². The van der Waals surface area contributed by atoms with E-state index in [-0.39, 0.29) is 43.8 Å². The van der Waals surface area contributed by atoms with Crippen LogP contribution in [0.1, 0.15) is 52.9 Å². The number of carbonyl (C=O) groups excluding carboxylic acids is 4. The van der Waals surface area contributed by atoms with Crippen LogP contribution < -0.4 is 15.0 Å². The van der Waals surface area contributed by atoms with Crippen LogP contribution in [0.25, 0.3) is 0 Å². The van der Waals surface area contributed by atoms with Gasteiger partial charge in [-0.1, -0.05) is 26.0 Å². The molecule has 45 heavy (non-hydrogen) atoms. The van der Waals surface area contributed by atoms with Gasteiger partial charge in [-0.25, -0.2) is 0 Å². The second kappa shape index (κ2) is 14.6. The summed E-state index contributed by atoms with van der Waals surface area (Å²) in [4.78, 5) is 57.9. The molecule has 3 heterocycles. The Morgan fingerprint density at radius 3 is 2.51 bits per heavy atom. The van der Waals surface area contributed by atoms with Crippen molar-refractivity contribution in [2.24, 2.45) is 17.8 Å². The van der Waals surface area contributed by atoms with E-state index < -0.39 is 53.6 Å². The van der Waals surface area contributed by atoms with Gasteiger partial charge in [-0.05, 0) is 62.8 Å². The van der Waals surface area contributed by atoms with E-state index in [9.17, 15) is 24.3 Å². The Morgan fingerprint density at radius 1 is 1.20 bits per heavy atom. The van der Waals surface area contributed by atoms with Crippen LogP contribution in [0.5, 0.6) is 5.75 Å². The van der Waals surface area contributed by atoms with Gasteiger partial charge in [0.25, 0.3) is 5.91 Å². The molecule has 0 aromatic heterocycles. The Kier molecular flexibility index (Phi) is 11.1. The molecule has 1 aromatic rings. The maximum Gasteiger partial charge on any atom is 0.312 e. The number of anilines is 1. The Morgan fingerprint density at radius 2 is 1.91 bits per heavy atom. The number of nitrogens with one attached hydrogen (secondary N) is 1. The summed E-state index contributed by atoms with van der Waals surface area (Å²) in [7, 11) is 1.56. The molecule has 0 saturated carbocycles. The van der Waals surface area contributed by atoms with Crippen LogP contribution in [-0.4, -0.2) is 90.4 Å². The molecule has 3 aliphatic heterocycles. The van der Waals surface area contributed by atoms with Gasteiger partial charge in [-0.3, -0.25) is 19.2 Å². The van der Waals surface area contributed by atoms with Crippen molar-refractivity contribution < 1.29 is 38.5 Å². The number of benzene rings is 1. The molecule has 0 aliphatic carbocycles. The topological polar surface area (TPSA) is 135 Å². The molecule has 0 radical (unpaired) electrons. The van der Waals surface area contributed by atoms with Crippen LogP contribution in [0, 0.1) is 17.8 Å². The number of aliphatic hydroxyl groups is 1. The van der Waals surface area contributed by atoms with Crippen molar-refractivity contribution in [2.45, 2.75) is 82.8 Å². The van der Waals surface area contributed by atoms with Crippen molar-refractivity contribution >= 4 is 29.4 Å². The molecule has 246 valence electrons. The first-order valence-electron chi connectivity index (χ1n) is 15.8. The van der Waals surface area contributed by atoms with Gasteiger partial charge in [0.2, 0.25) is 11.8 Å². The molecule has 4 rings (SSSR count). The number of carbonyl (C=O) groups is 4. The highest BCUT2D eigenvalue weighted by atomic mass is 16.6. The molecule has 1 aromatic carbocycles. The molecule has 1 spiro atoms. The maximum atomic E-state index is 14.7. The van der Waals surface area contributed by atoms with Crippen LogP contribution in [0.15, 0.2) is 49.6 Å². The monoisotopic (exact) mass is 625 g/mol. The van der Waals surface area contributed by atoms with Crippen molar-refractivity contribution in [3.05, 3.63) is 49.6 Å². The molecule has 2 bridgehead atoms. The van der Waals surface area contributed by atoms with E-state index >= 15 is 0 Å². The summed E-state index contributed by atoms with van der Waals surface area (Å²) in [5.41, 5.74) is -0.675. The second-order valence-electron chi connectivity index (χ2n) is 12.6. The molecular formula is C34H47N3O8. The summed E-state index contributed by atoms with van der Waals surface area (Å²) in [6.45, 7) is 13.1. The minimum Gasteiger partial charge on any atom is -0.497 e. The van der Waals surface area contributed by atoms with Gasteiger partial charge < -0.3 is 34.4 Å². The van der Waals surface area contributed by atoms with Gasteiger partial charge in [0.05, 0.1) is 44.2 Å². The predicted octanol–water partition coefficient (Wildman–Crippen LogP) is 3.01. The lowest BCUT2D eigenvalue weighted by Crippen LogP contribution is -2.59. The normalized spacial score (nSPS) is 26.3. The van der Waals surface area contributed by atoms with Crippen molar-refractivity contribution in [2.75, 3.05) is 31.7 Å². The Bertz CT molecular complexity index is 1270. The molecule has 11 heteroatoms. The summed E-state index contributed by atoms with van der Waals surface area (Å²) in [5, 5.41) is 13.3. The number of hydrogen-bond donors (Lipinski definition) is 2. The molecular weight excluding hydrogens is 578 g/mol. The number of esters is 1. The first kappa shape index (κ1) is 34.2. The zero-order valence-electron chi connectivity index (χ0n) is 26.8. The number of allylic oxidation sites excluding steroid dienone is 1. The van der Waals surface area contributed by atoms with Crippen molar-refractivity contribution in [3.63, 3.8) is 0 Å². The van der Waals surface area contributed by atoms with E-state index in [2.05, 4.69) is 18.5 Å². The number of rotatable bonds is 16.